The first-order valence-corrected chi connectivity index (χ1v) is 12.1. The zero-order chi connectivity index (χ0) is 23.7. The maximum Gasteiger partial charge on any atom is 0.266 e. The highest BCUT2D eigenvalue weighted by Crippen LogP contribution is 2.34. The largest absolute Gasteiger partial charge is 0.318 e. The number of carbonyl (C=O) groups is 1. The van der Waals surface area contributed by atoms with Crippen molar-refractivity contribution >= 4 is 40.3 Å². The molecule has 0 aliphatic carbocycles. The van der Waals surface area contributed by atoms with Gasteiger partial charge >= 0.3 is 0 Å². The molecular weight excluding hydrogens is 464 g/mol. The van der Waals surface area contributed by atoms with E-state index in [1.54, 1.807) is 4.90 Å². The minimum absolute atomic E-state index is 0.0326. The smallest absolute Gasteiger partial charge is 0.266 e. The van der Waals surface area contributed by atoms with Crippen molar-refractivity contribution in [3.63, 3.8) is 0 Å². The third kappa shape index (κ3) is 4.32. The third-order valence-corrected chi connectivity index (χ3v) is 7.18. The Morgan fingerprint density at radius 3 is 2.68 bits per heavy atom. The Kier molecular flexibility index (Phi) is 6.12. The molecular formula is C25H22N6OS2. The average molecular weight is 487 g/mol. The molecule has 1 N–H and O–H groups in total. The van der Waals surface area contributed by atoms with Crippen molar-refractivity contribution in [3.05, 3.63) is 88.1 Å². The third-order valence-electron chi connectivity index (χ3n) is 5.81. The molecule has 7 nitrogen and oxygen atoms in total. The van der Waals surface area contributed by atoms with E-state index in [0.29, 0.717) is 21.6 Å². The van der Waals surface area contributed by atoms with E-state index >= 15 is 0 Å². The molecule has 2 aromatic heterocycles. The van der Waals surface area contributed by atoms with Crippen molar-refractivity contribution in [2.45, 2.75) is 20.3 Å². The van der Waals surface area contributed by atoms with Crippen LogP contribution in [0.4, 0.5) is 0 Å². The fourth-order valence-electron chi connectivity index (χ4n) is 4.12. The van der Waals surface area contributed by atoms with Gasteiger partial charge < -0.3 is 4.57 Å². The lowest BCUT2D eigenvalue weighted by Gasteiger charge is -2.14. The number of thiocarbonyl (C=S) groups is 1. The Morgan fingerprint density at radius 2 is 1.91 bits per heavy atom. The number of aromatic amines is 1. The van der Waals surface area contributed by atoms with E-state index in [-0.39, 0.29) is 5.91 Å². The number of tetrazole rings is 1. The number of H-pyrrole nitrogens is 1. The van der Waals surface area contributed by atoms with Crippen molar-refractivity contribution in [2.24, 2.45) is 0 Å². The predicted molar refractivity (Wildman–Crippen MR) is 138 cm³/mol. The van der Waals surface area contributed by atoms with Gasteiger partial charge in [-0.2, -0.15) is 5.21 Å². The van der Waals surface area contributed by atoms with Crippen LogP contribution < -0.4 is 0 Å². The minimum atomic E-state index is -0.0326. The van der Waals surface area contributed by atoms with Crippen LogP contribution in [0.5, 0.6) is 0 Å². The molecule has 1 fully saturated rings. The Labute approximate surface area is 206 Å². The second kappa shape index (κ2) is 9.36. The molecule has 0 spiro atoms. The summed E-state index contributed by atoms with van der Waals surface area (Å²) in [6, 6.07) is 20.2. The van der Waals surface area contributed by atoms with Crippen LogP contribution in [-0.4, -0.2) is 46.9 Å². The quantitative estimate of drug-likeness (QED) is 0.314. The first-order valence-electron chi connectivity index (χ1n) is 10.8. The van der Waals surface area contributed by atoms with E-state index in [4.69, 9.17) is 12.2 Å². The van der Waals surface area contributed by atoms with E-state index < -0.39 is 0 Å². The van der Waals surface area contributed by atoms with Crippen LogP contribution in [0.15, 0.2) is 65.6 Å². The number of rotatable bonds is 6. The van der Waals surface area contributed by atoms with Crippen LogP contribution >= 0.6 is 24.0 Å². The lowest BCUT2D eigenvalue weighted by atomic mass is 10.1. The highest BCUT2D eigenvalue weighted by atomic mass is 32.2. The molecule has 1 amide bonds. The highest BCUT2D eigenvalue weighted by Gasteiger charge is 2.32. The standard InChI is InChI=1S/C25H22N6OS2/c1-16-13-20(17(2)31(16)21-10-6-9-19(14-21)23-26-28-29-27-23)15-22-24(32)30(25(33)34-22)12-11-18-7-4-3-5-8-18/h3-10,13-15H,11-12H2,1-2H3,(H,26,27,28,29)/b22-15-. The molecule has 1 saturated heterocycles. The predicted octanol–water partition coefficient (Wildman–Crippen LogP) is 4.72. The molecule has 2 aromatic carbocycles. The molecule has 170 valence electrons. The topological polar surface area (TPSA) is 79.7 Å². The molecule has 4 aromatic rings. The molecule has 1 aliphatic heterocycles. The van der Waals surface area contributed by atoms with E-state index in [0.717, 1.165) is 34.6 Å². The normalized spacial score (nSPS) is 15.0. The summed E-state index contributed by atoms with van der Waals surface area (Å²) >= 11 is 6.89. The first-order chi connectivity index (χ1) is 16.5. The number of hydrogen-bond acceptors (Lipinski definition) is 6. The lowest BCUT2D eigenvalue weighted by molar-refractivity contribution is -0.122. The number of thioether (sulfide) groups is 1. The van der Waals surface area contributed by atoms with Gasteiger partial charge in [0.1, 0.15) is 4.32 Å². The van der Waals surface area contributed by atoms with Crippen LogP contribution in [0, 0.1) is 13.8 Å². The van der Waals surface area contributed by atoms with E-state index in [2.05, 4.69) is 57.2 Å². The van der Waals surface area contributed by atoms with Gasteiger partial charge in [-0.3, -0.25) is 9.69 Å². The summed E-state index contributed by atoms with van der Waals surface area (Å²) < 4.78 is 2.76. The first kappa shape index (κ1) is 22.2. The number of aromatic nitrogens is 5. The van der Waals surface area contributed by atoms with Gasteiger partial charge in [0.2, 0.25) is 5.82 Å². The number of aryl methyl sites for hydroxylation is 1. The number of nitrogens with one attached hydrogen (secondary N) is 1. The second-order valence-corrected chi connectivity index (χ2v) is 9.69. The molecule has 0 bridgehead atoms. The summed E-state index contributed by atoms with van der Waals surface area (Å²) in [7, 11) is 0. The fraction of sp³-hybridized carbons (Fsp3) is 0.160. The van der Waals surface area contributed by atoms with Gasteiger partial charge in [-0.25, -0.2) is 0 Å². The number of hydrogen-bond donors (Lipinski definition) is 1. The lowest BCUT2D eigenvalue weighted by Crippen LogP contribution is -2.30. The minimum Gasteiger partial charge on any atom is -0.318 e. The molecule has 0 radical (unpaired) electrons. The number of carbonyl (C=O) groups excluding carboxylic acids is 1. The molecule has 0 saturated carbocycles. The summed E-state index contributed by atoms with van der Waals surface area (Å²) in [5.41, 5.74) is 6.15. The van der Waals surface area contributed by atoms with Crippen LogP contribution in [0.2, 0.25) is 0 Å². The van der Waals surface area contributed by atoms with Gasteiger partial charge in [0.25, 0.3) is 5.91 Å². The van der Waals surface area contributed by atoms with E-state index in [1.165, 1.54) is 17.3 Å². The van der Waals surface area contributed by atoms with Crippen molar-refractivity contribution in [2.75, 3.05) is 6.54 Å². The van der Waals surface area contributed by atoms with Gasteiger partial charge in [-0.1, -0.05) is 66.4 Å². The summed E-state index contributed by atoms with van der Waals surface area (Å²) in [5.74, 6) is 0.513. The number of amides is 1. The summed E-state index contributed by atoms with van der Waals surface area (Å²) in [5, 5.41) is 14.3. The number of nitrogens with zero attached hydrogens (tertiary/aromatic N) is 5. The van der Waals surface area contributed by atoms with E-state index in [9.17, 15) is 4.79 Å². The van der Waals surface area contributed by atoms with Gasteiger partial charge in [-0.15, -0.1) is 10.2 Å². The highest BCUT2D eigenvalue weighted by molar-refractivity contribution is 8.26. The van der Waals surface area contributed by atoms with Crippen LogP contribution in [0.1, 0.15) is 22.5 Å². The average Bonchev–Trinajstić information content (AvgIpc) is 3.54. The van der Waals surface area contributed by atoms with E-state index in [1.807, 2.05) is 48.5 Å². The maximum absolute atomic E-state index is 13.1. The maximum atomic E-state index is 13.1. The fourth-order valence-corrected chi connectivity index (χ4v) is 5.42. The van der Waals surface area contributed by atoms with Crippen molar-refractivity contribution in [1.29, 1.82) is 0 Å². The zero-order valence-corrected chi connectivity index (χ0v) is 20.4. The summed E-state index contributed by atoms with van der Waals surface area (Å²) in [6.45, 7) is 4.68. The Bertz CT molecular complexity index is 1390. The van der Waals surface area contributed by atoms with Crippen molar-refractivity contribution in [1.82, 2.24) is 30.1 Å². The van der Waals surface area contributed by atoms with Gasteiger partial charge in [0.05, 0.1) is 4.91 Å². The molecule has 1 aliphatic rings. The molecule has 5 rings (SSSR count). The van der Waals surface area contributed by atoms with Gasteiger partial charge in [0, 0.05) is 29.2 Å². The van der Waals surface area contributed by atoms with Crippen LogP contribution in [-0.2, 0) is 11.2 Å². The molecule has 3 heterocycles. The van der Waals surface area contributed by atoms with Crippen LogP contribution in [0.25, 0.3) is 23.2 Å². The zero-order valence-electron chi connectivity index (χ0n) is 18.7. The van der Waals surface area contributed by atoms with Crippen molar-refractivity contribution < 1.29 is 4.79 Å². The molecule has 9 heteroatoms. The molecule has 0 unspecified atom stereocenters. The Morgan fingerprint density at radius 1 is 1.09 bits per heavy atom. The Hall–Kier alpha value is -3.56. The summed E-state index contributed by atoms with van der Waals surface area (Å²) in [4.78, 5) is 15.5. The monoisotopic (exact) mass is 486 g/mol. The van der Waals surface area contributed by atoms with Gasteiger partial charge in [0.15, 0.2) is 0 Å². The van der Waals surface area contributed by atoms with Crippen LogP contribution in [0.3, 0.4) is 0 Å². The second-order valence-electron chi connectivity index (χ2n) is 8.02. The molecule has 34 heavy (non-hydrogen) atoms. The Balaban J connectivity index is 1.40. The summed E-state index contributed by atoms with van der Waals surface area (Å²) in [6.07, 6.45) is 2.72. The van der Waals surface area contributed by atoms with Crippen molar-refractivity contribution in [3.8, 4) is 17.1 Å². The molecule has 0 atom stereocenters. The SMILES string of the molecule is Cc1cc(/C=C2\SC(=S)N(CCc3ccccc3)C2=O)c(C)n1-c1cccc(-c2nn[nH]n2)c1. The number of benzene rings is 2. The van der Waals surface area contributed by atoms with Gasteiger partial charge in [-0.05, 0) is 60.9 Å².